The monoisotopic (exact) mass is 1390 g/mol. The molecule has 5 aromatic heterocycles. The summed E-state index contributed by atoms with van der Waals surface area (Å²) in [5.74, 6) is -2.00. The van der Waals surface area contributed by atoms with Gasteiger partial charge in [0.1, 0.15) is 27.4 Å². The normalized spacial score (nSPS) is 13.1. The first-order valence-corrected chi connectivity index (χ1v) is 34.9. The number of sulfonamides is 2. The number of aromatic nitrogens is 12. The summed E-state index contributed by atoms with van der Waals surface area (Å²) in [7, 11) is -19.3. The maximum absolute atomic E-state index is 14.2. The Morgan fingerprint density at radius 1 is 0.584 bits per heavy atom. The number of nitrogens with zero attached hydrogens (tertiary/aromatic N) is 11. The summed E-state index contributed by atoms with van der Waals surface area (Å²) in [6, 6.07) is 12.9. The molecule has 0 aliphatic carbocycles. The smallest absolute Gasteiger partial charge is 0.296 e. The molecule has 11 rings (SSSR count). The van der Waals surface area contributed by atoms with E-state index < -0.39 is 89.8 Å². The first-order chi connectivity index (χ1) is 41.9. The zero-order valence-electron chi connectivity index (χ0n) is 45.6. The standard InChI is InChI=1S/C50H43Cl4N17O13S5/c1-22(21-72)70-86(75,76)17-5-16-85(73,74)23-7-10-26-29(18-23)43-59-40-27-11-8-24(87(77,78)57-15-14-56-48-67-49(69-50(68-48)71(2)3)58-31-20-25(88(79,80)81)9-12-32(31)89(82,83)84)19-30(27)44(60-40)62-42-28-6-4-13-55-39(28)47(64-42)66-46-34-33(45(65-46)63-41(26)61-43)35(51)37(53)38(54)36(34)52/h4,6-13,18-20,22,57,70,72H,5,14-17,21H2,1-3H3,(H,79,80,81)(H,82,83,84)(H2,56,58,67,68,69)(H2,59,60,61,62,63,64,65,66). The first-order valence-electron chi connectivity index (χ1n) is 25.7. The van der Waals surface area contributed by atoms with Crippen LogP contribution in [-0.2, 0) is 50.1 Å². The van der Waals surface area contributed by atoms with Crippen LogP contribution in [0.4, 0.5) is 23.5 Å². The van der Waals surface area contributed by atoms with Crippen LogP contribution < -0.4 is 25.0 Å². The number of H-pyrrole nitrogens is 2. The molecule has 464 valence electrons. The zero-order valence-corrected chi connectivity index (χ0v) is 52.8. The highest BCUT2D eigenvalue weighted by Crippen LogP contribution is 2.51. The molecule has 0 saturated carbocycles. The predicted molar refractivity (Wildman–Crippen MR) is 331 cm³/mol. The minimum Gasteiger partial charge on any atom is -0.395 e. The summed E-state index contributed by atoms with van der Waals surface area (Å²) in [6.45, 7) is 0.489. The van der Waals surface area contributed by atoms with Crippen molar-refractivity contribution in [1.82, 2.24) is 69.3 Å². The summed E-state index contributed by atoms with van der Waals surface area (Å²) in [5.41, 5.74) is 0.808. The second kappa shape index (κ2) is 23.7. The second-order valence-corrected chi connectivity index (χ2v) is 29.9. The lowest BCUT2D eigenvalue weighted by Crippen LogP contribution is -2.36. The number of fused-ring (bicyclic) bond motifs is 20. The maximum Gasteiger partial charge on any atom is 0.296 e. The summed E-state index contributed by atoms with van der Waals surface area (Å²) in [4.78, 5) is 52.1. The SMILES string of the molecule is CC(CO)NS(=O)(=O)CCCS(=O)(=O)c1ccc2c(c1)-c1nc-2nc2nc(nc3[nH]c(nc4[nH]c(n1)c1ccc(S(=O)(=O)NCCNc5nc(Nc6cc(S(=O)(=O)O)ccc6S(=O)(=O)O)nc(N(C)C)n5)cc41)c1cccnc31)-c1c(Cl)c(Cl)c(Cl)c(Cl)c1-2. The lowest BCUT2D eigenvalue weighted by Gasteiger charge is -2.15. The molecule has 8 bridgehead atoms. The number of aliphatic hydroxyl groups excluding tert-OH is 1. The molecule has 0 radical (unpaired) electrons. The van der Waals surface area contributed by atoms with Crippen LogP contribution in [0.2, 0.25) is 20.1 Å². The fourth-order valence-electron chi connectivity index (χ4n) is 9.26. The molecule has 0 fully saturated rings. The van der Waals surface area contributed by atoms with E-state index in [0.29, 0.717) is 16.3 Å². The van der Waals surface area contributed by atoms with Crippen LogP contribution in [0.15, 0.2) is 92.5 Å². The average molecular weight is 1390 g/mol. The van der Waals surface area contributed by atoms with Crippen LogP contribution in [0.25, 0.3) is 89.8 Å². The molecule has 9 N–H and O–H groups in total. The van der Waals surface area contributed by atoms with Gasteiger partial charge in [0.05, 0.1) is 69.7 Å². The van der Waals surface area contributed by atoms with Gasteiger partial charge in [-0.15, -0.1) is 0 Å². The molecular weight excluding hydrogens is 1350 g/mol. The number of sulfone groups is 1. The Morgan fingerprint density at radius 2 is 1.20 bits per heavy atom. The van der Waals surface area contributed by atoms with Crippen molar-refractivity contribution in [1.29, 1.82) is 0 Å². The fraction of sp³-hybridized carbons (Fsp3) is 0.200. The van der Waals surface area contributed by atoms with Gasteiger partial charge in [0.15, 0.2) is 38.8 Å². The second-order valence-electron chi connectivity index (χ2n) is 19.9. The lowest BCUT2D eigenvalue weighted by atomic mass is 10.1. The molecule has 1 unspecified atom stereocenters. The van der Waals surface area contributed by atoms with E-state index in [9.17, 15) is 56.3 Å². The molecule has 0 amide bonds. The molecule has 39 heteroatoms. The van der Waals surface area contributed by atoms with Gasteiger partial charge >= 0.3 is 0 Å². The number of anilines is 4. The molecule has 30 nitrogen and oxygen atoms in total. The summed E-state index contributed by atoms with van der Waals surface area (Å²) >= 11 is 27.0. The van der Waals surface area contributed by atoms with Crippen LogP contribution in [-0.4, -0.2) is 167 Å². The van der Waals surface area contributed by atoms with Crippen LogP contribution in [0.3, 0.4) is 0 Å². The van der Waals surface area contributed by atoms with Gasteiger partial charge in [0.25, 0.3) is 20.2 Å². The summed E-state index contributed by atoms with van der Waals surface area (Å²) in [6.07, 6.45) is 1.21. The Bertz CT molecular complexity index is 5260. The van der Waals surface area contributed by atoms with Crippen molar-refractivity contribution in [3.05, 3.63) is 93.0 Å². The van der Waals surface area contributed by atoms with Crippen molar-refractivity contribution in [3.63, 3.8) is 0 Å². The van der Waals surface area contributed by atoms with Crippen LogP contribution >= 0.6 is 46.4 Å². The van der Waals surface area contributed by atoms with Crippen molar-refractivity contribution in [2.24, 2.45) is 0 Å². The first kappa shape index (κ1) is 63.1. The highest BCUT2D eigenvalue weighted by Gasteiger charge is 2.33. The number of nitrogens with one attached hydrogen (secondary N) is 6. The molecule has 1 atom stereocenters. The summed E-state index contributed by atoms with van der Waals surface area (Å²) < 4.78 is 154. The molecule has 0 spiro atoms. The van der Waals surface area contributed by atoms with Crippen LogP contribution in [0.5, 0.6) is 0 Å². The van der Waals surface area contributed by atoms with Gasteiger partial charge in [-0.25, -0.2) is 64.6 Å². The van der Waals surface area contributed by atoms with Crippen molar-refractivity contribution in [2.45, 2.75) is 39.0 Å². The maximum atomic E-state index is 14.2. The third-order valence-corrected chi connectivity index (χ3v) is 21.8. The van der Waals surface area contributed by atoms with Gasteiger partial charge in [0, 0.05) is 66.7 Å². The zero-order chi connectivity index (χ0) is 63.9. The van der Waals surface area contributed by atoms with E-state index >= 15 is 0 Å². The average Bonchev–Trinajstić information content (AvgIpc) is 1.63. The van der Waals surface area contributed by atoms with E-state index in [-0.39, 0.29) is 141 Å². The van der Waals surface area contributed by atoms with E-state index in [1.54, 1.807) is 26.2 Å². The number of halogens is 4. The van der Waals surface area contributed by atoms with Crippen molar-refractivity contribution < 1.29 is 56.3 Å². The Kier molecular flexibility index (Phi) is 16.8. The minimum absolute atomic E-state index is 0.0139. The Hall–Kier alpha value is -7.49. The number of rotatable bonds is 19. The highest BCUT2D eigenvalue weighted by molar-refractivity contribution is 7.92. The Morgan fingerprint density at radius 3 is 1.90 bits per heavy atom. The summed E-state index contributed by atoms with van der Waals surface area (Å²) in [5, 5.41) is 15.3. The topological polar surface area (TPSA) is 443 Å². The van der Waals surface area contributed by atoms with E-state index in [1.165, 1.54) is 54.4 Å². The van der Waals surface area contributed by atoms with E-state index in [0.717, 1.165) is 18.2 Å². The molecule has 7 heterocycles. The number of hydrogen-bond acceptors (Lipinski definition) is 24. The van der Waals surface area contributed by atoms with E-state index in [4.69, 9.17) is 76.3 Å². The van der Waals surface area contributed by atoms with Crippen molar-refractivity contribution in [2.75, 3.05) is 60.8 Å². The van der Waals surface area contributed by atoms with Gasteiger partial charge in [-0.05, 0) is 80.1 Å². The Labute approximate surface area is 524 Å². The number of aromatic amines is 2. The lowest BCUT2D eigenvalue weighted by molar-refractivity contribution is 0.265. The number of pyridine rings is 1. The molecular formula is C50H43Cl4N17O13S5. The van der Waals surface area contributed by atoms with Crippen LogP contribution in [0, 0.1) is 0 Å². The van der Waals surface area contributed by atoms with Crippen molar-refractivity contribution >= 4 is 164 Å². The van der Waals surface area contributed by atoms with Gasteiger partial charge in [-0.1, -0.05) is 46.4 Å². The number of hydrogen-bond donors (Lipinski definition) is 9. The molecule has 2 aliphatic heterocycles. The molecule has 0 saturated heterocycles. The molecule has 4 aromatic carbocycles. The van der Waals surface area contributed by atoms with Crippen molar-refractivity contribution in [3.8, 4) is 45.6 Å². The quantitative estimate of drug-likeness (QED) is 0.0188. The van der Waals surface area contributed by atoms with Gasteiger partial charge < -0.3 is 30.6 Å². The van der Waals surface area contributed by atoms with Gasteiger partial charge in [-0.3, -0.25) is 14.1 Å². The molecule has 89 heavy (non-hydrogen) atoms. The number of aliphatic hydroxyl groups is 1. The predicted octanol–water partition coefficient (Wildman–Crippen LogP) is 6.22. The van der Waals surface area contributed by atoms with Gasteiger partial charge in [0.2, 0.25) is 37.9 Å². The largest absolute Gasteiger partial charge is 0.395 e. The van der Waals surface area contributed by atoms with E-state index in [1.807, 2.05) is 0 Å². The molecule has 9 aromatic rings. The molecule has 2 aliphatic rings. The third-order valence-electron chi connectivity index (χ3n) is 13.4. The highest BCUT2D eigenvalue weighted by atomic mass is 35.5. The number of benzene rings is 4. The van der Waals surface area contributed by atoms with Crippen LogP contribution in [0.1, 0.15) is 13.3 Å². The van der Waals surface area contributed by atoms with Gasteiger partial charge in [-0.2, -0.15) is 31.8 Å². The minimum atomic E-state index is -4.97. The fourth-order valence-corrected chi connectivity index (χ4v) is 15.3. The van der Waals surface area contributed by atoms with E-state index in [2.05, 4.69) is 50.0 Å². The third kappa shape index (κ3) is 12.7. The Balaban J connectivity index is 1.00.